The number of benzene rings is 1. The highest BCUT2D eigenvalue weighted by Gasteiger charge is 2.08. The predicted molar refractivity (Wildman–Crippen MR) is 67.6 cm³/mol. The average molecular weight is 273 g/mol. The van der Waals surface area contributed by atoms with Crippen LogP contribution in [-0.2, 0) is 11.2 Å². The summed E-state index contributed by atoms with van der Waals surface area (Å²) in [7, 11) is 0. The third-order valence-electron chi connectivity index (χ3n) is 2.51. The van der Waals surface area contributed by atoms with Gasteiger partial charge in [0.1, 0.15) is 11.9 Å². The standard InChI is InChI=1S/C14H9F2N3O/c15-11-3-1-9(5-12(11)16)6-14(20)19-13-4-2-10(7-17)8-18-13/h1-5,8H,6H2,(H,18,19,20). The van der Waals surface area contributed by atoms with Gasteiger partial charge in [-0.05, 0) is 29.8 Å². The SMILES string of the molecule is N#Cc1ccc(NC(=O)Cc2ccc(F)c(F)c2)nc1. The van der Waals surface area contributed by atoms with Gasteiger partial charge in [-0.2, -0.15) is 5.26 Å². The Hall–Kier alpha value is -2.81. The Kier molecular flexibility index (Phi) is 4.01. The predicted octanol–water partition coefficient (Wildman–Crippen LogP) is 2.41. The minimum atomic E-state index is -0.994. The number of amides is 1. The maximum atomic E-state index is 13.0. The van der Waals surface area contributed by atoms with Crippen molar-refractivity contribution in [3.8, 4) is 6.07 Å². The summed E-state index contributed by atoms with van der Waals surface area (Å²) in [6, 6.07) is 8.19. The van der Waals surface area contributed by atoms with E-state index in [1.54, 1.807) is 0 Å². The van der Waals surface area contributed by atoms with Crippen LogP contribution in [0.25, 0.3) is 0 Å². The van der Waals surface area contributed by atoms with Crippen LogP contribution in [0.3, 0.4) is 0 Å². The van der Waals surface area contributed by atoms with E-state index in [1.807, 2.05) is 6.07 Å². The molecule has 0 aliphatic heterocycles. The number of halogens is 2. The van der Waals surface area contributed by atoms with Crippen molar-refractivity contribution >= 4 is 11.7 Å². The van der Waals surface area contributed by atoms with E-state index in [0.717, 1.165) is 12.1 Å². The van der Waals surface area contributed by atoms with Crippen molar-refractivity contribution < 1.29 is 13.6 Å². The zero-order chi connectivity index (χ0) is 14.5. The molecule has 6 heteroatoms. The lowest BCUT2D eigenvalue weighted by molar-refractivity contribution is -0.115. The lowest BCUT2D eigenvalue weighted by atomic mass is 10.1. The molecule has 2 rings (SSSR count). The molecule has 0 saturated heterocycles. The van der Waals surface area contributed by atoms with Crippen LogP contribution in [0.5, 0.6) is 0 Å². The summed E-state index contributed by atoms with van der Waals surface area (Å²) in [5, 5.41) is 11.1. The van der Waals surface area contributed by atoms with Gasteiger partial charge < -0.3 is 5.32 Å². The van der Waals surface area contributed by atoms with Crippen LogP contribution < -0.4 is 5.32 Å². The number of pyridine rings is 1. The molecule has 100 valence electrons. The van der Waals surface area contributed by atoms with E-state index in [4.69, 9.17) is 5.26 Å². The molecule has 0 saturated carbocycles. The molecule has 0 spiro atoms. The number of aromatic nitrogens is 1. The zero-order valence-electron chi connectivity index (χ0n) is 10.2. The van der Waals surface area contributed by atoms with Crippen LogP contribution in [0.4, 0.5) is 14.6 Å². The maximum Gasteiger partial charge on any atom is 0.229 e. The summed E-state index contributed by atoms with van der Waals surface area (Å²) in [4.78, 5) is 15.6. The molecular formula is C14H9F2N3O. The number of nitriles is 1. The quantitative estimate of drug-likeness (QED) is 0.933. The van der Waals surface area contributed by atoms with Gasteiger partial charge in [0.2, 0.25) is 5.91 Å². The number of nitrogens with zero attached hydrogens (tertiary/aromatic N) is 2. The Morgan fingerprint density at radius 2 is 2.05 bits per heavy atom. The number of rotatable bonds is 3. The van der Waals surface area contributed by atoms with Crippen LogP contribution >= 0.6 is 0 Å². The summed E-state index contributed by atoms with van der Waals surface area (Å²) in [5.74, 6) is -2.07. The first kappa shape index (κ1) is 13.6. The Morgan fingerprint density at radius 1 is 1.25 bits per heavy atom. The molecule has 1 heterocycles. The molecule has 4 nitrogen and oxygen atoms in total. The molecule has 0 unspecified atom stereocenters. The molecule has 1 aromatic carbocycles. The van der Waals surface area contributed by atoms with Gasteiger partial charge in [0.25, 0.3) is 0 Å². The van der Waals surface area contributed by atoms with Crippen LogP contribution in [-0.4, -0.2) is 10.9 Å². The van der Waals surface area contributed by atoms with Crippen molar-refractivity contribution in [1.29, 1.82) is 5.26 Å². The lowest BCUT2D eigenvalue weighted by Gasteiger charge is -2.05. The van der Waals surface area contributed by atoms with Crippen LogP contribution in [0.15, 0.2) is 36.5 Å². The molecule has 0 fully saturated rings. The fourth-order valence-corrected chi connectivity index (χ4v) is 1.56. The largest absolute Gasteiger partial charge is 0.310 e. The first-order valence-corrected chi connectivity index (χ1v) is 5.68. The number of nitrogens with one attached hydrogen (secondary N) is 1. The molecule has 1 N–H and O–H groups in total. The minimum absolute atomic E-state index is 0.0983. The molecular weight excluding hydrogens is 264 g/mol. The second-order valence-corrected chi connectivity index (χ2v) is 4.02. The van der Waals surface area contributed by atoms with Crippen LogP contribution in [0, 0.1) is 23.0 Å². The third kappa shape index (κ3) is 3.36. The van der Waals surface area contributed by atoms with Gasteiger partial charge in [0.15, 0.2) is 11.6 Å². The smallest absolute Gasteiger partial charge is 0.229 e. The van der Waals surface area contributed by atoms with E-state index < -0.39 is 17.5 Å². The fraction of sp³-hybridized carbons (Fsp3) is 0.0714. The minimum Gasteiger partial charge on any atom is -0.310 e. The molecule has 2 aromatic rings. The summed E-state index contributed by atoms with van der Waals surface area (Å²) in [6.07, 6.45) is 1.23. The normalized spacial score (nSPS) is 9.85. The van der Waals surface area contributed by atoms with Gasteiger partial charge >= 0.3 is 0 Å². The average Bonchev–Trinajstić information content (AvgIpc) is 2.44. The summed E-state index contributed by atoms with van der Waals surface area (Å²) in [5.41, 5.74) is 0.735. The molecule has 0 bridgehead atoms. The van der Waals surface area contributed by atoms with Crippen molar-refractivity contribution in [3.63, 3.8) is 0 Å². The van der Waals surface area contributed by atoms with Crippen molar-refractivity contribution in [1.82, 2.24) is 4.98 Å². The first-order chi connectivity index (χ1) is 9.58. The second-order valence-electron chi connectivity index (χ2n) is 4.02. The third-order valence-corrected chi connectivity index (χ3v) is 2.51. The number of carbonyl (C=O) groups excluding carboxylic acids is 1. The van der Waals surface area contributed by atoms with Gasteiger partial charge in [0.05, 0.1) is 12.0 Å². The zero-order valence-corrected chi connectivity index (χ0v) is 10.2. The monoisotopic (exact) mass is 273 g/mol. The summed E-state index contributed by atoms with van der Waals surface area (Å²) < 4.78 is 25.7. The molecule has 1 amide bonds. The molecule has 0 aliphatic rings. The number of carbonyl (C=O) groups is 1. The van der Waals surface area contributed by atoms with E-state index in [-0.39, 0.29) is 12.2 Å². The van der Waals surface area contributed by atoms with E-state index in [9.17, 15) is 13.6 Å². The Balaban J connectivity index is 2.01. The Labute approximate surface area is 113 Å². The molecule has 0 aliphatic carbocycles. The summed E-state index contributed by atoms with van der Waals surface area (Å²) in [6.45, 7) is 0. The second kappa shape index (κ2) is 5.89. The van der Waals surface area contributed by atoms with Crippen molar-refractivity contribution in [3.05, 3.63) is 59.3 Å². The van der Waals surface area contributed by atoms with E-state index in [1.165, 1.54) is 24.4 Å². The first-order valence-electron chi connectivity index (χ1n) is 5.68. The maximum absolute atomic E-state index is 13.0. The van der Waals surface area contributed by atoms with Crippen LogP contribution in [0.2, 0.25) is 0 Å². The van der Waals surface area contributed by atoms with E-state index in [2.05, 4.69) is 10.3 Å². The van der Waals surface area contributed by atoms with E-state index in [0.29, 0.717) is 11.1 Å². The van der Waals surface area contributed by atoms with Gasteiger partial charge in [-0.1, -0.05) is 6.07 Å². The van der Waals surface area contributed by atoms with Crippen molar-refractivity contribution in [2.45, 2.75) is 6.42 Å². The fourth-order valence-electron chi connectivity index (χ4n) is 1.56. The number of hydrogen-bond acceptors (Lipinski definition) is 3. The van der Waals surface area contributed by atoms with Crippen molar-refractivity contribution in [2.24, 2.45) is 0 Å². The highest BCUT2D eigenvalue weighted by molar-refractivity contribution is 5.91. The topological polar surface area (TPSA) is 65.8 Å². The lowest BCUT2D eigenvalue weighted by Crippen LogP contribution is -2.15. The highest BCUT2D eigenvalue weighted by atomic mass is 19.2. The van der Waals surface area contributed by atoms with Gasteiger partial charge in [-0.25, -0.2) is 13.8 Å². The van der Waals surface area contributed by atoms with Gasteiger partial charge in [0, 0.05) is 6.20 Å². The molecule has 1 aromatic heterocycles. The van der Waals surface area contributed by atoms with Crippen LogP contribution in [0.1, 0.15) is 11.1 Å². The number of hydrogen-bond donors (Lipinski definition) is 1. The molecule has 0 atom stereocenters. The number of anilines is 1. The van der Waals surface area contributed by atoms with Gasteiger partial charge in [-0.15, -0.1) is 0 Å². The highest BCUT2D eigenvalue weighted by Crippen LogP contribution is 2.10. The van der Waals surface area contributed by atoms with Crippen molar-refractivity contribution in [2.75, 3.05) is 5.32 Å². The Bertz CT molecular complexity index is 678. The summed E-state index contributed by atoms with van der Waals surface area (Å²) >= 11 is 0. The van der Waals surface area contributed by atoms with E-state index >= 15 is 0 Å². The molecule has 20 heavy (non-hydrogen) atoms. The Morgan fingerprint density at radius 3 is 2.65 bits per heavy atom. The van der Waals surface area contributed by atoms with Gasteiger partial charge in [-0.3, -0.25) is 4.79 Å². The molecule has 0 radical (unpaired) electrons.